The van der Waals surface area contributed by atoms with Gasteiger partial charge in [0.25, 0.3) is 5.91 Å². The number of nitrogens with two attached hydrogens (primary N) is 1. The van der Waals surface area contributed by atoms with Crippen LogP contribution in [0.15, 0.2) is 35.7 Å². The van der Waals surface area contributed by atoms with Crippen molar-refractivity contribution in [2.75, 3.05) is 16.4 Å². The Kier molecular flexibility index (Phi) is 3.82. The van der Waals surface area contributed by atoms with Crippen LogP contribution < -0.4 is 16.4 Å². The van der Waals surface area contributed by atoms with Crippen LogP contribution in [0.1, 0.15) is 16.6 Å². The molecule has 2 amide bonds. The Hall–Kier alpha value is -2.34. The molecule has 0 atom stereocenters. The standard InChI is InChI=1S/C13H13N3O2S/c1-8(17)15-9-2-4-10(5-3-9)16-13(18)12-11(14)6-7-19-12/h2-7H,14H2,1H3,(H,15,17)(H,16,18). The average Bonchev–Trinajstić information content (AvgIpc) is 2.77. The van der Waals surface area contributed by atoms with Gasteiger partial charge < -0.3 is 16.4 Å². The second-order valence-corrected chi connectivity index (χ2v) is 4.83. The Morgan fingerprint density at radius 2 is 1.63 bits per heavy atom. The van der Waals surface area contributed by atoms with Crippen LogP contribution in [0, 0.1) is 0 Å². The van der Waals surface area contributed by atoms with Crippen molar-refractivity contribution in [2.45, 2.75) is 6.92 Å². The van der Waals surface area contributed by atoms with Crippen molar-refractivity contribution in [3.8, 4) is 0 Å². The highest BCUT2D eigenvalue weighted by molar-refractivity contribution is 7.12. The summed E-state index contributed by atoms with van der Waals surface area (Å²) in [7, 11) is 0. The number of rotatable bonds is 3. The summed E-state index contributed by atoms with van der Waals surface area (Å²) >= 11 is 1.29. The normalized spacial score (nSPS) is 9.95. The van der Waals surface area contributed by atoms with E-state index in [9.17, 15) is 9.59 Å². The van der Waals surface area contributed by atoms with Gasteiger partial charge in [-0.15, -0.1) is 11.3 Å². The lowest BCUT2D eigenvalue weighted by atomic mass is 10.2. The summed E-state index contributed by atoms with van der Waals surface area (Å²) in [4.78, 5) is 23.3. The molecule has 0 fully saturated rings. The third-order valence-electron chi connectivity index (χ3n) is 2.37. The van der Waals surface area contributed by atoms with Gasteiger partial charge in [0, 0.05) is 18.3 Å². The Morgan fingerprint density at radius 1 is 1.05 bits per heavy atom. The van der Waals surface area contributed by atoms with Gasteiger partial charge >= 0.3 is 0 Å². The summed E-state index contributed by atoms with van der Waals surface area (Å²) in [5.41, 5.74) is 7.47. The van der Waals surface area contributed by atoms with Gasteiger partial charge in [0.1, 0.15) is 4.88 Å². The highest BCUT2D eigenvalue weighted by Gasteiger charge is 2.11. The second-order valence-electron chi connectivity index (χ2n) is 3.92. The number of anilines is 3. The summed E-state index contributed by atoms with van der Waals surface area (Å²) in [6.45, 7) is 1.44. The Labute approximate surface area is 114 Å². The molecule has 0 aliphatic rings. The summed E-state index contributed by atoms with van der Waals surface area (Å²) in [5.74, 6) is -0.372. The summed E-state index contributed by atoms with van der Waals surface area (Å²) in [6.07, 6.45) is 0. The predicted octanol–water partition coefficient (Wildman–Crippen LogP) is 2.54. The number of thiophene rings is 1. The molecule has 0 saturated heterocycles. The topological polar surface area (TPSA) is 84.2 Å². The molecule has 0 spiro atoms. The van der Waals surface area contributed by atoms with Crippen LogP contribution in [0.5, 0.6) is 0 Å². The molecule has 1 aromatic heterocycles. The Morgan fingerprint density at radius 3 is 2.11 bits per heavy atom. The number of nitrogens with one attached hydrogen (secondary N) is 2. The lowest BCUT2D eigenvalue weighted by molar-refractivity contribution is -0.114. The van der Waals surface area contributed by atoms with Gasteiger partial charge in [-0.2, -0.15) is 0 Å². The largest absolute Gasteiger partial charge is 0.397 e. The van der Waals surface area contributed by atoms with Gasteiger partial charge in [-0.25, -0.2) is 0 Å². The van der Waals surface area contributed by atoms with Crippen LogP contribution in [-0.4, -0.2) is 11.8 Å². The molecule has 0 radical (unpaired) electrons. The Balaban J connectivity index is 2.06. The first-order chi connectivity index (χ1) is 9.06. The zero-order valence-corrected chi connectivity index (χ0v) is 11.1. The molecule has 1 heterocycles. The minimum Gasteiger partial charge on any atom is -0.397 e. The van der Waals surface area contributed by atoms with E-state index in [2.05, 4.69) is 10.6 Å². The smallest absolute Gasteiger partial charge is 0.267 e. The van der Waals surface area contributed by atoms with Crippen LogP contribution in [0.4, 0.5) is 17.1 Å². The van der Waals surface area contributed by atoms with Crippen molar-refractivity contribution in [2.24, 2.45) is 0 Å². The van der Waals surface area contributed by atoms with Crippen molar-refractivity contribution < 1.29 is 9.59 Å². The van der Waals surface area contributed by atoms with Gasteiger partial charge in [0.15, 0.2) is 0 Å². The van der Waals surface area contributed by atoms with Crippen LogP contribution in [0.2, 0.25) is 0 Å². The van der Waals surface area contributed by atoms with E-state index in [1.54, 1.807) is 35.7 Å². The molecule has 0 saturated carbocycles. The zero-order chi connectivity index (χ0) is 13.8. The van der Waals surface area contributed by atoms with Gasteiger partial charge in [0.2, 0.25) is 5.91 Å². The van der Waals surface area contributed by atoms with Crippen LogP contribution in [0.25, 0.3) is 0 Å². The van der Waals surface area contributed by atoms with Crippen molar-refractivity contribution in [3.05, 3.63) is 40.6 Å². The minimum absolute atomic E-state index is 0.136. The quantitative estimate of drug-likeness (QED) is 0.804. The van der Waals surface area contributed by atoms with Gasteiger partial charge in [-0.1, -0.05) is 0 Å². The minimum atomic E-state index is -0.236. The molecule has 1 aromatic carbocycles. The van der Waals surface area contributed by atoms with E-state index in [0.29, 0.717) is 21.9 Å². The molecule has 0 bridgehead atoms. The van der Waals surface area contributed by atoms with E-state index >= 15 is 0 Å². The van der Waals surface area contributed by atoms with Crippen molar-refractivity contribution in [3.63, 3.8) is 0 Å². The van der Waals surface area contributed by atoms with E-state index in [1.165, 1.54) is 18.3 Å². The number of hydrogen-bond donors (Lipinski definition) is 3. The highest BCUT2D eigenvalue weighted by Crippen LogP contribution is 2.21. The monoisotopic (exact) mass is 275 g/mol. The van der Waals surface area contributed by atoms with E-state index in [1.807, 2.05) is 0 Å². The van der Waals surface area contributed by atoms with Gasteiger partial charge in [-0.05, 0) is 35.7 Å². The van der Waals surface area contributed by atoms with E-state index < -0.39 is 0 Å². The summed E-state index contributed by atoms with van der Waals surface area (Å²) in [6, 6.07) is 8.56. The van der Waals surface area contributed by atoms with E-state index in [-0.39, 0.29) is 11.8 Å². The highest BCUT2D eigenvalue weighted by atomic mass is 32.1. The lowest BCUT2D eigenvalue weighted by Gasteiger charge is -2.06. The maximum Gasteiger partial charge on any atom is 0.267 e. The number of hydrogen-bond acceptors (Lipinski definition) is 4. The molecular weight excluding hydrogens is 262 g/mol. The van der Waals surface area contributed by atoms with E-state index in [0.717, 1.165) is 0 Å². The van der Waals surface area contributed by atoms with Gasteiger partial charge in [-0.3, -0.25) is 9.59 Å². The lowest BCUT2D eigenvalue weighted by Crippen LogP contribution is -2.12. The first-order valence-corrected chi connectivity index (χ1v) is 6.46. The van der Waals surface area contributed by atoms with Crippen LogP contribution >= 0.6 is 11.3 Å². The number of benzene rings is 1. The first-order valence-electron chi connectivity index (χ1n) is 5.58. The molecule has 6 heteroatoms. The molecule has 2 aromatic rings. The number of carbonyl (C=O) groups excluding carboxylic acids is 2. The van der Waals surface area contributed by atoms with Gasteiger partial charge in [0.05, 0.1) is 5.69 Å². The molecule has 5 nitrogen and oxygen atoms in total. The molecule has 98 valence electrons. The van der Waals surface area contributed by atoms with Crippen molar-refractivity contribution in [1.29, 1.82) is 0 Å². The number of amides is 2. The second kappa shape index (κ2) is 5.53. The molecule has 4 N–H and O–H groups in total. The predicted molar refractivity (Wildman–Crippen MR) is 77.4 cm³/mol. The SMILES string of the molecule is CC(=O)Nc1ccc(NC(=O)c2sccc2N)cc1. The maximum atomic E-state index is 11.9. The molecule has 19 heavy (non-hydrogen) atoms. The van der Waals surface area contributed by atoms with E-state index in [4.69, 9.17) is 5.73 Å². The summed E-state index contributed by atoms with van der Waals surface area (Å²) in [5, 5.41) is 7.16. The number of nitrogen functional groups attached to an aromatic ring is 1. The molecular formula is C13H13N3O2S. The molecule has 0 aliphatic carbocycles. The van der Waals surface area contributed by atoms with Crippen molar-refractivity contribution in [1.82, 2.24) is 0 Å². The van der Waals surface area contributed by atoms with Crippen molar-refractivity contribution >= 4 is 40.2 Å². The molecule has 2 rings (SSSR count). The Bertz CT molecular complexity index is 605. The third kappa shape index (κ3) is 3.32. The van der Waals surface area contributed by atoms with Crippen LogP contribution in [-0.2, 0) is 4.79 Å². The molecule has 0 aliphatic heterocycles. The fraction of sp³-hybridized carbons (Fsp3) is 0.0769. The number of carbonyl (C=O) groups is 2. The fourth-order valence-corrected chi connectivity index (χ4v) is 2.24. The maximum absolute atomic E-state index is 11.9. The molecule has 0 unspecified atom stereocenters. The summed E-state index contributed by atoms with van der Waals surface area (Å²) < 4.78 is 0. The van der Waals surface area contributed by atoms with Crippen LogP contribution in [0.3, 0.4) is 0 Å². The fourth-order valence-electron chi connectivity index (χ4n) is 1.53. The third-order valence-corrected chi connectivity index (χ3v) is 3.29. The average molecular weight is 275 g/mol. The first kappa shape index (κ1) is 13.1. The zero-order valence-electron chi connectivity index (χ0n) is 10.3.